The van der Waals surface area contributed by atoms with E-state index in [1.165, 1.54) is 0 Å². The summed E-state index contributed by atoms with van der Waals surface area (Å²) in [6.45, 7) is 3.96. The van der Waals surface area contributed by atoms with Gasteiger partial charge in [-0.05, 0) is 43.5 Å². The first kappa shape index (κ1) is 12.9. The topological polar surface area (TPSA) is 44.5 Å². The molecule has 1 fully saturated rings. The highest BCUT2D eigenvalue weighted by Crippen LogP contribution is 2.22. The molecule has 3 nitrogen and oxygen atoms in total. The molecule has 1 atom stereocenters. The van der Waals surface area contributed by atoms with Crippen LogP contribution in [0, 0.1) is 18.8 Å². The maximum atomic E-state index is 5.95. The highest BCUT2D eigenvalue weighted by Gasteiger charge is 2.16. The molecule has 2 rings (SSSR count). The van der Waals surface area contributed by atoms with Crippen LogP contribution in [0.2, 0.25) is 0 Å². The molecule has 96 valence electrons. The zero-order chi connectivity index (χ0) is 12.8. The van der Waals surface area contributed by atoms with Crippen LogP contribution in [0.1, 0.15) is 24.0 Å². The third-order valence-corrected chi connectivity index (χ3v) is 2.92. The van der Waals surface area contributed by atoms with E-state index in [4.69, 9.17) is 15.2 Å². The Morgan fingerprint density at radius 1 is 1.50 bits per heavy atom. The van der Waals surface area contributed by atoms with E-state index < -0.39 is 0 Å². The Bertz CT molecular complexity index is 453. The number of rotatable bonds is 2. The van der Waals surface area contributed by atoms with Crippen molar-refractivity contribution in [1.29, 1.82) is 0 Å². The predicted octanol–water partition coefficient (Wildman–Crippen LogP) is 1.86. The number of hydrogen-bond acceptors (Lipinski definition) is 3. The van der Waals surface area contributed by atoms with Crippen LogP contribution >= 0.6 is 0 Å². The summed E-state index contributed by atoms with van der Waals surface area (Å²) in [6, 6.07) is 5.97. The summed E-state index contributed by atoms with van der Waals surface area (Å²) in [4.78, 5) is 0. The van der Waals surface area contributed by atoms with E-state index in [-0.39, 0.29) is 6.10 Å². The van der Waals surface area contributed by atoms with Gasteiger partial charge in [-0.25, -0.2) is 0 Å². The molecule has 1 aliphatic rings. The van der Waals surface area contributed by atoms with Crippen molar-refractivity contribution >= 4 is 0 Å². The number of nitrogens with two attached hydrogens (primary N) is 1. The van der Waals surface area contributed by atoms with E-state index in [9.17, 15) is 0 Å². The van der Waals surface area contributed by atoms with E-state index in [1.807, 2.05) is 25.1 Å². The second-order valence-electron chi connectivity index (χ2n) is 4.44. The van der Waals surface area contributed by atoms with Gasteiger partial charge in [-0.1, -0.05) is 11.8 Å². The van der Waals surface area contributed by atoms with E-state index in [0.29, 0.717) is 13.2 Å². The molecule has 3 heteroatoms. The molecule has 0 aliphatic carbocycles. The quantitative estimate of drug-likeness (QED) is 0.809. The van der Waals surface area contributed by atoms with Crippen LogP contribution in [0.25, 0.3) is 0 Å². The van der Waals surface area contributed by atoms with Crippen molar-refractivity contribution in [2.24, 2.45) is 5.73 Å². The second-order valence-corrected chi connectivity index (χ2v) is 4.44. The monoisotopic (exact) mass is 245 g/mol. The van der Waals surface area contributed by atoms with Crippen LogP contribution in [0.3, 0.4) is 0 Å². The average Bonchev–Trinajstić information content (AvgIpc) is 2.40. The van der Waals surface area contributed by atoms with Gasteiger partial charge < -0.3 is 15.2 Å². The van der Waals surface area contributed by atoms with Crippen molar-refractivity contribution in [3.63, 3.8) is 0 Å². The van der Waals surface area contributed by atoms with E-state index in [1.54, 1.807) is 0 Å². The molecule has 1 aromatic rings. The Hall–Kier alpha value is -1.50. The zero-order valence-electron chi connectivity index (χ0n) is 10.7. The third kappa shape index (κ3) is 3.49. The third-order valence-electron chi connectivity index (χ3n) is 2.92. The Labute approximate surface area is 108 Å². The van der Waals surface area contributed by atoms with Gasteiger partial charge in [-0.2, -0.15) is 0 Å². The van der Waals surface area contributed by atoms with Crippen LogP contribution in [-0.4, -0.2) is 25.9 Å². The minimum atomic E-state index is 0.179. The van der Waals surface area contributed by atoms with E-state index >= 15 is 0 Å². The van der Waals surface area contributed by atoms with Gasteiger partial charge in [0, 0.05) is 12.2 Å². The molecular weight excluding hydrogens is 226 g/mol. The normalized spacial score (nSPS) is 18.9. The molecular formula is C15H19NO2. The van der Waals surface area contributed by atoms with Gasteiger partial charge in [0.2, 0.25) is 0 Å². The molecule has 0 radical (unpaired) electrons. The molecule has 2 N–H and O–H groups in total. The summed E-state index contributed by atoms with van der Waals surface area (Å²) in [7, 11) is 0. The van der Waals surface area contributed by atoms with Gasteiger partial charge in [0.15, 0.2) is 0 Å². The van der Waals surface area contributed by atoms with Crippen molar-refractivity contribution in [3.05, 3.63) is 29.3 Å². The fourth-order valence-corrected chi connectivity index (χ4v) is 2.00. The summed E-state index contributed by atoms with van der Waals surface area (Å²) in [5.74, 6) is 6.79. The van der Waals surface area contributed by atoms with Crippen molar-refractivity contribution in [3.8, 4) is 17.6 Å². The molecule has 0 bridgehead atoms. The minimum absolute atomic E-state index is 0.179. The van der Waals surface area contributed by atoms with Crippen LogP contribution < -0.4 is 10.5 Å². The molecule has 1 unspecified atom stereocenters. The zero-order valence-corrected chi connectivity index (χ0v) is 10.7. The summed E-state index contributed by atoms with van der Waals surface area (Å²) in [5, 5.41) is 0. The van der Waals surface area contributed by atoms with Gasteiger partial charge in [0.05, 0.1) is 13.2 Å². The molecule has 1 aliphatic heterocycles. The molecule has 0 amide bonds. The molecule has 1 saturated heterocycles. The molecule has 0 saturated carbocycles. The Morgan fingerprint density at radius 3 is 3.06 bits per heavy atom. The summed E-state index contributed by atoms with van der Waals surface area (Å²) in [6.07, 6.45) is 2.32. The molecule has 0 spiro atoms. The number of ether oxygens (including phenoxy) is 2. The highest BCUT2D eigenvalue weighted by atomic mass is 16.5. The van der Waals surface area contributed by atoms with Gasteiger partial charge in [-0.3, -0.25) is 0 Å². The Morgan fingerprint density at radius 2 is 2.39 bits per heavy atom. The van der Waals surface area contributed by atoms with Crippen molar-refractivity contribution in [2.45, 2.75) is 25.9 Å². The fraction of sp³-hybridized carbons (Fsp3) is 0.467. The maximum absolute atomic E-state index is 5.95. The molecule has 1 heterocycles. The van der Waals surface area contributed by atoms with Gasteiger partial charge >= 0.3 is 0 Å². The lowest BCUT2D eigenvalue weighted by Crippen LogP contribution is -2.28. The lowest BCUT2D eigenvalue weighted by molar-refractivity contribution is 0.00715. The lowest BCUT2D eigenvalue weighted by atomic mass is 10.1. The van der Waals surface area contributed by atoms with Gasteiger partial charge in [0.1, 0.15) is 11.9 Å². The first-order chi connectivity index (χ1) is 8.79. The maximum Gasteiger partial charge on any atom is 0.122 e. The first-order valence-corrected chi connectivity index (χ1v) is 6.33. The van der Waals surface area contributed by atoms with Crippen LogP contribution in [-0.2, 0) is 4.74 Å². The summed E-state index contributed by atoms with van der Waals surface area (Å²) >= 11 is 0. The SMILES string of the molecule is Cc1cc(C#CCN)ccc1OC1CCCOC1. The molecule has 1 aromatic carbocycles. The smallest absolute Gasteiger partial charge is 0.122 e. The van der Waals surface area contributed by atoms with Gasteiger partial charge in [0.25, 0.3) is 0 Å². The lowest BCUT2D eigenvalue weighted by Gasteiger charge is -2.24. The summed E-state index contributed by atoms with van der Waals surface area (Å²) < 4.78 is 11.4. The largest absolute Gasteiger partial charge is 0.488 e. The van der Waals surface area contributed by atoms with E-state index in [2.05, 4.69) is 11.8 Å². The fourth-order valence-electron chi connectivity index (χ4n) is 2.00. The standard InChI is InChI=1S/C15H19NO2/c1-12-10-13(4-2-8-16)6-7-15(12)18-14-5-3-9-17-11-14/h6-7,10,14H,3,5,8-9,11,16H2,1H3. The van der Waals surface area contributed by atoms with Crippen LogP contribution in [0.5, 0.6) is 5.75 Å². The van der Waals surface area contributed by atoms with Crippen molar-refractivity contribution < 1.29 is 9.47 Å². The average molecular weight is 245 g/mol. The number of benzene rings is 1. The Balaban J connectivity index is 2.04. The second kappa shape index (κ2) is 6.44. The molecule has 0 aromatic heterocycles. The first-order valence-electron chi connectivity index (χ1n) is 6.33. The van der Waals surface area contributed by atoms with Gasteiger partial charge in [-0.15, -0.1) is 0 Å². The number of aryl methyl sites for hydroxylation is 1. The number of hydrogen-bond donors (Lipinski definition) is 1. The van der Waals surface area contributed by atoms with Crippen LogP contribution in [0.15, 0.2) is 18.2 Å². The summed E-state index contributed by atoms with van der Waals surface area (Å²) in [5.41, 5.74) is 7.43. The Kier molecular flexibility index (Phi) is 4.63. The van der Waals surface area contributed by atoms with Crippen molar-refractivity contribution in [2.75, 3.05) is 19.8 Å². The van der Waals surface area contributed by atoms with Crippen LogP contribution in [0.4, 0.5) is 0 Å². The minimum Gasteiger partial charge on any atom is -0.488 e. The highest BCUT2D eigenvalue weighted by molar-refractivity contribution is 5.43. The molecule has 18 heavy (non-hydrogen) atoms. The van der Waals surface area contributed by atoms with Crippen molar-refractivity contribution in [1.82, 2.24) is 0 Å². The van der Waals surface area contributed by atoms with E-state index in [0.717, 1.165) is 36.3 Å². The predicted molar refractivity (Wildman–Crippen MR) is 71.6 cm³/mol.